The van der Waals surface area contributed by atoms with Crippen LogP contribution in [0.3, 0.4) is 0 Å². The Morgan fingerprint density at radius 3 is 2.85 bits per heavy atom. The van der Waals surface area contributed by atoms with E-state index in [4.69, 9.17) is 14.2 Å². The summed E-state index contributed by atoms with van der Waals surface area (Å²) in [6.07, 6.45) is 4.36. The summed E-state index contributed by atoms with van der Waals surface area (Å²) in [5.74, 6) is 1.47. The molecule has 27 heavy (non-hydrogen) atoms. The number of benzene rings is 1. The molecule has 144 valence electrons. The first kappa shape index (κ1) is 17.9. The maximum absolute atomic E-state index is 12.7. The van der Waals surface area contributed by atoms with E-state index in [1.54, 1.807) is 20.3 Å². The monoisotopic (exact) mass is 370 g/mol. The van der Waals surface area contributed by atoms with Crippen molar-refractivity contribution in [1.82, 2.24) is 4.57 Å². The SMILES string of the molecule is COc1ccc2c(c1OC)CCn1c-2cc(NCC2CCCCO2)cc1=O. The molecule has 3 heterocycles. The van der Waals surface area contributed by atoms with Crippen LogP contribution in [0.15, 0.2) is 29.1 Å². The minimum atomic E-state index is 0.0139. The Labute approximate surface area is 159 Å². The summed E-state index contributed by atoms with van der Waals surface area (Å²) in [5, 5.41) is 3.39. The number of rotatable bonds is 5. The fourth-order valence-electron chi connectivity index (χ4n) is 4.06. The van der Waals surface area contributed by atoms with Gasteiger partial charge in [0.05, 0.1) is 26.0 Å². The van der Waals surface area contributed by atoms with Crippen LogP contribution in [0.2, 0.25) is 0 Å². The molecule has 2 aliphatic heterocycles. The van der Waals surface area contributed by atoms with E-state index in [0.29, 0.717) is 6.54 Å². The molecule has 4 rings (SSSR count). The number of pyridine rings is 1. The molecule has 6 nitrogen and oxygen atoms in total. The topological polar surface area (TPSA) is 61.7 Å². The zero-order valence-corrected chi connectivity index (χ0v) is 15.9. The van der Waals surface area contributed by atoms with Crippen LogP contribution >= 0.6 is 0 Å². The van der Waals surface area contributed by atoms with Gasteiger partial charge < -0.3 is 24.1 Å². The first-order chi connectivity index (χ1) is 13.2. The van der Waals surface area contributed by atoms with Crippen molar-refractivity contribution in [1.29, 1.82) is 0 Å². The fraction of sp³-hybridized carbons (Fsp3) is 0.476. The lowest BCUT2D eigenvalue weighted by molar-refractivity contribution is 0.0247. The van der Waals surface area contributed by atoms with Gasteiger partial charge in [0.1, 0.15) is 0 Å². The highest BCUT2D eigenvalue weighted by molar-refractivity contribution is 5.74. The van der Waals surface area contributed by atoms with Crippen LogP contribution in [0.4, 0.5) is 5.69 Å². The molecule has 0 saturated carbocycles. The molecule has 1 fully saturated rings. The van der Waals surface area contributed by atoms with Gasteiger partial charge in [-0.05, 0) is 43.9 Å². The summed E-state index contributed by atoms with van der Waals surface area (Å²) in [5.41, 5.74) is 3.87. The van der Waals surface area contributed by atoms with Crippen LogP contribution in [0.25, 0.3) is 11.3 Å². The standard InChI is InChI=1S/C21H26N2O4/c1-25-19-7-6-16-17(21(19)26-2)8-9-23-18(16)11-14(12-20(23)24)22-13-15-5-3-4-10-27-15/h6-7,11-12,15,22H,3-5,8-10,13H2,1-2H3. The summed E-state index contributed by atoms with van der Waals surface area (Å²) < 4.78 is 18.6. The van der Waals surface area contributed by atoms with E-state index < -0.39 is 0 Å². The Morgan fingerprint density at radius 1 is 1.22 bits per heavy atom. The number of aromatic nitrogens is 1. The lowest BCUT2D eigenvalue weighted by Crippen LogP contribution is -2.29. The van der Waals surface area contributed by atoms with Gasteiger partial charge in [-0.3, -0.25) is 4.79 Å². The molecule has 1 aromatic heterocycles. The molecule has 0 amide bonds. The number of hydrogen-bond donors (Lipinski definition) is 1. The first-order valence-corrected chi connectivity index (χ1v) is 9.56. The van der Waals surface area contributed by atoms with Crippen LogP contribution in [-0.2, 0) is 17.7 Å². The third-order valence-corrected chi connectivity index (χ3v) is 5.45. The zero-order valence-electron chi connectivity index (χ0n) is 15.9. The molecule has 2 aromatic rings. The van der Waals surface area contributed by atoms with E-state index in [0.717, 1.165) is 66.4 Å². The predicted octanol–water partition coefficient (Wildman–Crippen LogP) is 3.07. The van der Waals surface area contributed by atoms with Crippen LogP contribution in [0.5, 0.6) is 11.5 Å². The van der Waals surface area contributed by atoms with Crippen LogP contribution in [0, 0.1) is 0 Å². The quantitative estimate of drug-likeness (QED) is 0.876. The van der Waals surface area contributed by atoms with Crippen molar-refractivity contribution in [3.05, 3.63) is 40.2 Å². The Bertz CT molecular complexity index is 884. The third-order valence-electron chi connectivity index (χ3n) is 5.45. The molecule has 0 bridgehead atoms. The van der Waals surface area contributed by atoms with E-state index >= 15 is 0 Å². The summed E-state index contributed by atoms with van der Waals surface area (Å²) in [4.78, 5) is 12.7. The number of nitrogens with zero attached hydrogens (tertiary/aromatic N) is 1. The second-order valence-electron chi connectivity index (χ2n) is 7.07. The number of fused-ring (bicyclic) bond motifs is 3. The zero-order chi connectivity index (χ0) is 18.8. The molecule has 1 aromatic carbocycles. The van der Waals surface area contributed by atoms with Gasteiger partial charge in [-0.25, -0.2) is 0 Å². The number of ether oxygens (including phenoxy) is 3. The van der Waals surface area contributed by atoms with Crippen LogP contribution < -0.4 is 20.3 Å². The molecule has 1 N–H and O–H groups in total. The molecule has 1 saturated heterocycles. The molecule has 1 unspecified atom stereocenters. The van der Waals surface area contributed by atoms with Crippen molar-refractivity contribution in [2.45, 2.75) is 38.3 Å². The third kappa shape index (κ3) is 3.41. The highest BCUT2D eigenvalue weighted by Gasteiger charge is 2.23. The fourth-order valence-corrected chi connectivity index (χ4v) is 4.06. The van der Waals surface area contributed by atoms with Gasteiger partial charge in [0, 0.05) is 42.6 Å². The van der Waals surface area contributed by atoms with Gasteiger partial charge in [0.15, 0.2) is 11.5 Å². The molecular weight excluding hydrogens is 344 g/mol. The predicted molar refractivity (Wildman–Crippen MR) is 105 cm³/mol. The second-order valence-corrected chi connectivity index (χ2v) is 7.07. The Kier molecular flexibility index (Phi) is 5.07. The molecule has 0 spiro atoms. The number of anilines is 1. The van der Waals surface area contributed by atoms with Gasteiger partial charge in [-0.2, -0.15) is 0 Å². The largest absolute Gasteiger partial charge is 0.493 e. The second kappa shape index (κ2) is 7.64. The average Bonchev–Trinajstić information content (AvgIpc) is 2.71. The minimum absolute atomic E-state index is 0.0139. The number of hydrogen-bond acceptors (Lipinski definition) is 5. The lowest BCUT2D eigenvalue weighted by atomic mass is 9.95. The highest BCUT2D eigenvalue weighted by Crippen LogP contribution is 2.40. The molecule has 2 aliphatic rings. The maximum atomic E-state index is 12.7. The van der Waals surface area contributed by atoms with Crippen molar-refractivity contribution in [3.63, 3.8) is 0 Å². The summed E-state index contributed by atoms with van der Waals surface area (Å²) in [6.45, 7) is 2.19. The van der Waals surface area contributed by atoms with E-state index in [2.05, 4.69) is 5.32 Å². The Balaban J connectivity index is 1.67. The lowest BCUT2D eigenvalue weighted by Gasteiger charge is -2.26. The maximum Gasteiger partial charge on any atom is 0.253 e. The number of methoxy groups -OCH3 is 2. The van der Waals surface area contributed by atoms with Gasteiger partial charge >= 0.3 is 0 Å². The summed E-state index contributed by atoms with van der Waals surface area (Å²) in [7, 11) is 3.29. The van der Waals surface area contributed by atoms with Gasteiger partial charge in [0.2, 0.25) is 0 Å². The molecule has 0 aliphatic carbocycles. The van der Waals surface area contributed by atoms with Crippen molar-refractivity contribution < 1.29 is 14.2 Å². The van der Waals surface area contributed by atoms with Crippen LogP contribution in [0.1, 0.15) is 24.8 Å². The van der Waals surface area contributed by atoms with Crippen molar-refractivity contribution in [2.24, 2.45) is 0 Å². The Morgan fingerprint density at radius 2 is 2.11 bits per heavy atom. The van der Waals surface area contributed by atoms with Crippen LogP contribution in [-0.4, -0.2) is 38.0 Å². The van der Waals surface area contributed by atoms with Crippen molar-refractivity contribution in [3.8, 4) is 22.8 Å². The summed E-state index contributed by atoms with van der Waals surface area (Å²) in [6, 6.07) is 7.63. The molecule has 1 atom stereocenters. The van der Waals surface area contributed by atoms with Crippen molar-refractivity contribution >= 4 is 5.69 Å². The highest BCUT2D eigenvalue weighted by atomic mass is 16.5. The summed E-state index contributed by atoms with van der Waals surface area (Å²) >= 11 is 0. The van der Waals surface area contributed by atoms with Crippen molar-refractivity contribution in [2.75, 3.05) is 32.7 Å². The van der Waals surface area contributed by atoms with E-state index in [1.165, 1.54) is 6.42 Å². The van der Waals surface area contributed by atoms with Gasteiger partial charge in [-0.1, -0.05) is 0 Å². The Hall–Kier alpha value is -2.47. The van der Waals surface area contributed by atoms with E-state index in [9.17, 15) is 4.79 Å². The number of nitrogens with one attached hydrogen (secondary N) is 1. The minimum Gasteiger partial charge on any atom is -0.493 e. The van der Waals surface area contributed by atoms with Gasteiger partial charge in [-0.15, -0.1) is 0 Å². The van der Waals surface area contributed by atoms with E-state index in [-0.39, 0.29) is 11.7 Å². The molecular formula is C21H26N2O4. The molecule has 0 radical (unpaired) electrons. The van der Waals surface area contributed by atoms with E-state index in [1.807, 2.05) is 22.8 Å². The first-order valence-electron chi connectivity index (χ1n) is 9.56. The normalized spacial score (nSPS) is 18.4. The van der Waals surface area contributed by atoms with Gasteiger partial charge in [0.25, 0.3) is 5.56 Å². The molecule has 6 heteroatoms. The smallest absolute Gasteiger partial charge is 0.253 e. The average molecular weight is 370 g/mol.